The van der Waals surface area contributed by atoms with Crippen LogP contribution >= 0.6 is 11.3 Å². The molecule has 42 heavy (non-hydrogen) atoms. The molecule has 9 heteroatoms. The first-order valence-electron chi connectivity index (χ1n) is 14.3. The molecule has 0 unspecified atom stereocenters. The van der Waals surface area contributed by atoms with Crippen molar-refractivity contribution in [3.05, 3.63) is 95.0 Å². The number of thiazole rings is 1. The van der Waals surface area contributed by atoms with Crippen molar-refractivity contribution in [2.45, 2.75) is 19.7 Å². The predicted molar refractivity (Wildman–Crippen MR) is 170 cm³/mol. The summed E-state index contributed by atoms with van der Waals surface area (Å²) in [7, 11) is 5.74. The second kappa shape index (κ2) is 14.9. The van der Waals surface area contributed by atoms with Gasteiger partial charge in [-0.05, 0) is 47.5 Å². The number of anilines is 3. The van der Waals surface area contributed by atoms with Crippen LogP contribution < -0.4 is 24.2 Å². The van der Waals surface area contributed by atoms with E-state index in [1.807, 2.05) is 44.4 Å². The Hall–Kier alpha value is -3.79. The first-order valence-corrected chi connectivity index (χ1v) is 15.2. The van der Waals surface area contributed by atoms with E-state index in [0.29, 0.717) is 19.8 Å². The highest BCUT2D eigenvalue weighted by Gasteiger charge is 2.15. The summed E-state index contributed by atoms with van der Waals surface area (Å²) >= 11 is 1.64. The van der Waals surface area contributed by atoms with Gasteiger partial charge in [-0.3, -0.25) is 0 Å². The average molecular weight is 589 g/mol. The minimum absolute atomic E-state index is 0.443. The summed E-state index contributed by atoms with van der Waals surface area (Å²) < 4.78 is 22.8. The monoisotopic (exact) mass is 588 g/mol. The third kappa shape index (κ3) is 8.38. The lowest BCUT2D eigenvalue weighted by Crippen LogP contribution is -2.36. The normalized spacial score (nSPS) is 13.2. The maximum Gasteiger partial charge on any atom is 0.186 e. The van der Waals surface area contributed by atoms with E-state index < -0.39 is 0 Å². The van der Waals surface area contributed by atoms with Gasteiger partial charge in [-0.15, -0.1) is 11.3 Å². The van der Waals surface area contributed by atoms with Crippen LogP contribution in [0.15, 0.2) is 78.2 Å². The molecule has 4 aromatic rings. The van der Waals surface area contributed by atoms with Crippen molar-refractivity contribution in [2.24, 2.45) is 0 Å². The van der Waals surface area contributed by atoms with Gasteiger partial charge in [0.25, 0.3) is 0 Å². The quantitative estimate of drug-likeness (QED) is 0.170. The number of morpholine rings is 1. The van der Waals surface area contributed by atoms with Crippen molar-refractivity contribution in [3.8, 4) is 11.5 Å². The van der Waals surface area contributed by atoms with Crippen molar-refractivity contribution in [1.82, 2.24) is 4.98 Å². The Morgan fingerprint density at radius 3 is 2.43 bits per heavy atom. The summed E-state index contributed by atoms with van der Waals surface area (Å²) in [5.74, 6) is 1.69. The van der Waals surface area contributed by atoms with E-state index in [0.717, 1.165) is 67.4 Å². The molecule has 0 atom stereocenters. The van der Waals surface area contributed by atoms with Gasteiger partial charge in [-0.2, -0.15) is 0 Å². The standard InChI is InChI=1S/C33H40N4O4S/c1-35(2)30-7-5-9-32(21-30)41-19-18-40-24-28-25-42-33(34-28)37(23-27-6-4-8-31(20-27)38-3)22-26-10-12-29(13-11-26)36-14-16-39-17-15-36/h4-13,20-21,25H,14-19,22-24H2,1-3H3. The number of rotatable bonds is 14. The number of methoxy groups -OCH3 is 1. The average Bonchev–Trinajstić information content (AvgIpc) is 3.50. The molecule has 1 aromatic heterocycles. The molecule has 8 nitrogen and oxygen atoms in total. The van der Waals surface area contributed by atoms with Gasteiger partial charge in [0, 0.05) is 63.1 Å². The van der Waals surface area contributed by atoms with Crippen molar-refractivity contribution < 1.29 is 18.9 Å². The van der Waals surface area contributed by atoms with Crippen LogP contribution in [0.1, 0.15) is 16.8 Å². The Bertz CT molecular complexity index is 1390. The molecule has 0 saturated carbocycles. The van der Waals surface area contributed by atoms with Crippen molar-refractivity contribution in [3.63, 3.8) is 0 Å². The molecule has 1 saturated heterocycles. The van der Waals surface area contributed by atoms with Crippen LogP contribution in [-0.4, -0.2) is 65.7 Å². The zero-order chi connectivity index (χ0) is 29.1. The molecule has 222 valence electrons. The second-order valence-corrected chi connectivity index (χ2v) is 11.2. The minimum Gasteiger partial charge on any atom is -0.497 e. The van der Waals surface area contributed by atoms with Gasteiger partial charge in [-0.1, -0.05) is 30.3 Å². The summed E-state index contributed by atoms with van der Waals surface area (Å²) in [5, 5.41) is 3.04. The lowest BCUT2D eigenvalue weighted by atomic mass is 10.1. The number of hydrogen-bond acceptors (Lipinski definition) is 9. The molecule has 0 aliphatic carbocycles. The van der Waals surface area contributed by atoms with Gasteiger partial charge in [0.15, 0.2) is 5.13 Å². The Labute approximate surface area is 253 Å². The number of ether oxygens (including phenoxy) is 4. The van der Waals surface area contributed by atoms with E-state index >= 15 is 0 Å². The van der Waals surface area contributed by atoms with E-state index in [4.69, 9.17) is 23.9 Å². The number of nitrogens with zero attached hydrogens (tertiary/aromatic N) is 4. The van der Waals surface area contributed by atoms with E-state index in [1.165, 1.54) is 16.8 Å². The Balaban J connectivity index is 1.20. The molecule has 0 amide bonds. The SMILES string of the molecule is COc1cccc(CN(Cc2ccc(N3CCOCC3)cc2)c2nc(COCCOc3cccc(N(C)C)c3)cs2)c1. The summed E-state index contributed by atoms with van der Waals surface area (Å²) in [6.45, 7) is 6.30. The van der Waals surface area contributed by atoms with Crippen molar-refractivity contribution in [2.75, 3.05) is 75.4 Å². The molecular weight excluding hydrogens is 548 g/mol. The number of benzene rings is 3. The predicted octanol–water partition coefficient (Wildman–Crippen LogP) is 5.86. The maximum atomic E-state index is 5.91. The molecule has 2 heterocycles. The van der Waals surface area contributed by atoms with Gasteiger partial charge >= 0.3 is 0 Å². The van der Waals surface area contributed by atoms with Crippen LogP contribution in [-0.2, 0) is 29.2 Å². The fourth-order valence-corrected chi connectivity index (χ4v) is 5.60. The Morgan fingerprint density at radius 1 is 0.881 bits per heavy atom. The van der Waals surface area contributed by atoms with Crippen molar-refractivity contribution in [1.29, 1.82) is 0 Å². The number of hydrogen-bond donors (Lipinski definition) is 0. The van der Waals surface area contributed by atoms with Gasteiger partial charge in [-0.25, -0.2) is 4.98 Å². The highest BCUT2D eigenvalue weighted by molar-refractivity contribution is 7.13. The molecule has 0 bridgehead atoms. The third-order valence-electron chi connectivity index (χ3n) is 7.08. The molecule has 3 aromatic carbocycles. The van der Waals surface area contributed by atoms with E-state index in [-0.39, 0.29) is 0 Å². The first kappa shape index (κ1) is 29.7. The lowest BCUT2D eigenvalue weighted by molar-refractivity contribution is 0.0873. The molecule has 1 aliphatic rings. The molecule has 0 N–H and O–H groups in total. The Morgan fingerprint density at radius 2 is 1.64 bits per heavy atom. The van der Waals surface area contributed by atoms with Crippen LogP contribution in [0.25, 0.3) is 0 Å². The minimum atomic E-state index is 0.443. The summed E-state index contributed by atoms with van der Waals surface area (Å²) in [6, 6.07) is 25.1. The van der Waals surface area contributed by atoms with E-state index in [9.17, 15) is 0 Å². The molecular formula is C33H40N4O4S. The van der Waals surface area contributed by atoms with Gasteiger partial charge in [0.1, 0.15) is 18.1 Å². The lowest BCUT2D eigenvalue weighted by Gasteiger charge is -2.29. The molecule has 0 spiro atoms. The van der Waals surface area contributed by atoms with Crippen LogP contribution in [0.3, 0.4) is 0 Å². The fourth-order valence-electron chi connectivity index (χ4n) is 4.79. The molecule has 1 aliphatic heterocycles. The highest BCUT2D eigenvalue weighted by Crippen LogP contribution is 2.27. The van der Waals surface area contributed by atoms with E-state index in [1.54, 1.807) is 18.4 Å². The summed E-state index contributed by atoms with van der Waals surface area (Å²) in [4.78, 5) is 11.7. The first-order chi connectivity index (χ1) is 20.6. The largest absolute Gasteiger partial charge is 0.497 e. The highest BCUT2D eigenvalue weighted by atomic mass is 32.1. The van der Waals surface area contributed by atoms with Gasteiger partial charge in [0.05, 0.1) is 39.2 Å². The van der Waals surface area contributed by atoms with Gasteiger partial charge in [0.2, 0.25) is 0 Å². The van der Waals surface area contributed by atoms with Crippen LogP contribution in [0, 0.1) is 0 Å². The summed E-state index contributed by atoms with van der Waals surface area (Å²) in [5.41, 5.74) is 5.67. The number of aromatic nitrogens is 1. The zero-order valence-electron chi connectivity index (χ0n) is 24.7. The van der Waals surface area contributed by atoms with E-state index in [2.05, 4.69) is 62.5 Å². The van der Waals surface area contributed by atoms with Gasteiger partial charge < -0.3 is 33.6 Å². The maximum absolute atomic E-state index is 5.91. The molecule has 1 fully saturated rings. The molecule has 0 radical (unpaired) electrons. The topological polar surface area (TPSA) is 59.5 Å². The summed E-state index contributed by atoms with van der Waals surface area (Å²) in [6.07, 6.45) is 0. The zero-order valence-corrected chi connectivity index (χ0v) is 25.5. The molecule has 5 rings (SSSR count). The smallest absolute Gasteiger partial charge is 0.186 e. The van der Waals surface area contributed by atoms with Crippen LogP contribution in [0.2, 0.25) is 0 Å². The fraction of sp³-hybridized carbons (Fsp3) is 0.364. The van der Waals surface area contributed by atoms with Crippen LogP contribution in [0.5, 0.6) is 11.5 Å². The van der Waals surface area contributed by atoms with Crippen molar-refractivity contribution >= 4 is 27.8 Å². The third-order valence-corrected chi connectivity index (χ3v) is 8.03. The van der Waals surface area contributed by atoms with Crippen LogP contribution in [0.4, 0.5) is 16.5 Å². The Kier molecular flexibility index (Phi) is 10.5. The second-order valence-electron chi connectivity index (χ2n) is 10.4.